The summed E-state index contributed by atoms with van der Waals surface area (Å²) in [5.41, 5.74) is 8.30. The first-order valence-electron chi connectivity index (χ1n) is 11.0. The molecule has 1 aromatic carbocycles. The Bertz CT molecular complexity index is 849. The number of rotatable bonds is 9. The van der Waals surface area contributed by atoms with Crippen LogP contribution in [-0.2, 0) is 4.74 Å². The van der Waals surface area contributed by atoms with Gasteiger partial charge < -0.3 is 26.4 Å². The molecule has 1 amide bonds. The Balaban J connectivity index is 1.71. The Morgan fingerprint density at radius 2 is 2.07 bits per heavy atom. The van der Waals surface area contributed by atoms with E-state index in [2.05, 4.69) is 22.9 Å². The normalized spacial score (nSPS) is 16.9. The van der Waals surface area contributed by atoms with Gasteiger partial charge in [0.05, 0.1) is 17.2 Å². The second kappa shape index (κ2) is 10.7. The predicted molar refractivity (Wildman–Crippen MR) is 122 cm³/mol. The lowest BCUT2D eigenvalue weighted by atomic mass is 10.0. The van der Waals surface area contributed by atoms with Gasteiger partial charge in [0.15, 0.2) is 0 Å². The molecule has 1 aliphatic rings. The van der Waals surface area contributed by atoms with Gasteiger partial charge in [-0.15, -0.1) is 0 Å². The van der Waals surface area contributed by atoms with Crippen molar-refractivity contribution in [1.29, 1.82) is 0 Å². The number of nitrogens with two attached hydrogens (primary N) is 1. The summed E-state index contributed by atoms with van der Waals surface area (Å²) in [7, 11) is 0. The lowest BCUT2D eigenvalue weighted by Crippen LogP contribution is -2.42. The zero-order valence-electron chi connectivity index (χ0n) is 18.3. The third kappa shape index (κ3) is 6.14. The van der Waals surface area contributed by atoms with Gasteiger partial charge in [-0.25, -0.2) is 4.98 Å². The summed E-state index contributed by atoms with van der Waals surface area (Å²) in [5.74, 6) is 0.390. The minimum absolute atomic E-state index is 0.212. The van der Waals surface area contributed by atoms with Crippen LogP contribution in [0, 0.1) is 6.92 Å². The highest BCUT2D eigenvalue weighted by Crippen LogP contribution is 2.22. The fourth-order valence-electron chi connectivity index (χ4n) is 3.86. The van der Waals surface area contributed by atoms with Crippen molar-refractivity contribution in [2.75, 3.05) is 25.1 Å². The molecule has 7 nitrogen and oxygen atoms in total. The summed E-state index contributed by atoms with van der Waals surface area (Å²) in [6.07, 6.45) is 3.72. The third-order valence-electron chi connectivity index (χ3n) is 5.54. The van der Waals surface area contributed by atoms with Crippen LogP contribution in [0.3, 0.4) is 0 Å². The summed E-state index contributed by atoms with van der Waals surface area (Å²) in [4.78, 5) is 17.5. The van der Waals surface area contributed by atoms with Crippen molar-refractivity contribution < 1.29 is 9.53 Å². The summed E-state index contributed by atoms with van der Waals surface area (Å²) >= 11 is 0. The number of benzene rings is 1. The number of fused-ring (bicyclic) bond motifs is 1. The molecule has 0 aliphatic carbocycles. The largest absolute Gasteiger partial charge is 0.381 e. The molecule has 1 fully saturated rings. The molecule has 0 saturated carbocycles. The molecule has 30 heavy (non-hydrogen) atoms. The molecule has 3 rings (SSSR count). The summed E-state index contributed by atoms with van der Waals surface area (Å²) < 4.78 is 5.45. The van der Waals surface area contributed by atoms with Crippen molar-refractivity contribution in [2.24, 2.45) is 5.73 Å². The van der Waals surface area contributed by atoms with Crippen LogP contribution in [0.4, 0.5) is 5.82 Å². The smallest absolute Gasteiger partial charge is 0.256 e. The van der Waals surface area contributed by atoms with E-state index in [0.29, 0.717) is 23.5 Å². The number of ether oxygens (including phenoxy) is 1. The third-order valence-corrected chi connectivity index (χ3v) is 5.54. The average Bonchev–Trinajstić information content (AvgIpc) is 2.72. The molecule has 0 spiro atoms. The molecule has 5 N–H and O–H groups in total. The van der Waals surface area contributed by atoms with E-state index in [1.807, 2.05) is 31.2 Å². The number of anilines is 1. The number of aromatic nitrogens is 1. The van der Waals surface area contributed by atoms with Crippen LogP contribution < -0.4 is 21.7 Å². The van der Waals surface area contributed by atoms with Crippen LogP contribution >= 0.6 is 0 Å². The zero-order chi connectivity index (χ0) is 21.5. The van der Waals surface area contributed by atoms with E-state index in [4.69, 9.17) is 15.5 Å². The number of nitrogens with zero attached hydrogens (tertiary/aromatic N) is 1. The molecule has 1 saturated heterocycles. The van der Waals surface area contributed by atoms with Gasteiger partial charge in [0, 0.05) is 37.2 Å². The maximum Gasteiger partial charge on any atom is 0.256 e. The lowest BCUT2D eigenvalue weighted by Gasteiger charge is -2.28. The summed E-state index contributed by atoms with van der Waals surface area (Å²) in [5, 5.41) is 10.9. The van der Waals surface area contributed by atoms with Gasteiger partial charge in [0.25, 0.3) is 5.91 Å². The van der Waals surface area contributed by atoms with Crippen LogP contribution in [0.5, 0.6) is 0 Å². The first kappa shape index (κ1) is 22.5. The number of nitrogens with one attached hydrogen (secondary N) is 3. The Labute approximate surface area is 179 Å². The highest BCUT2D eigenvalue weighted by atomic mass is 16.5. The monoisotopic (exact) mass is 413 g/mol. The molecule has 164 valence electrons. The molecule has 1 aliphatic heterocycles. The van der Waals surface area contributed by atoms with Crippen molar-refractivity contribution in [1.82, 2.24) is 15.6 Å². The molecular formula is C23H35N5O2. The van der Waals surface area contributed by atoms with Crippen LogP contribution in [0.2, 0.25) is 0 Å². The van der Waals surface area contributed by atoms with Crippen LogP contribution in [0.15, 0.2) is 24.3 Å². The van der Waals surface area contributed by atoms with Gasteiger partial charge in [0.1, 0.15) is 5.82 Å². The SMILES string of the molecule is CCC(CCNc1nc2ccc(C)cc2cc1C(=O)NC(C)N)NC1CCOCC1. The van der Waals surface area contributed by atoms with Crippen LogP contribution in [-0.4, -0.2) is 48.9 Å². The van der Waals surface area contributed by atoms with E-state index in [9.17, 15) is 4.79 Å². The molecule has 0 radical (unpaired) electrons. The number of aryl methyl sites for hydroxylation is 1. The second-order valence-corrected chi connectivity index (χ2v) is 8.22. The number of amides is 1. The van der Waals surface area contributed by atoms with E-state index >= 15 is 0 Å². The molecule has 2 unspecified atom stereocenters. The number of hydrogen-bond acceptors (Lipinski definition) is 6. The molecule has 0 bridgehead atoms. The van der Waals surface area contributed by atoms with E-state index in [0.717, 1.165) is 61.9 Å². The quantitative estimate of drug-likeness (QED) is 0.472. The van der Waals surface area contributed by atoms with Crippen LogP contribution in [0.1, 0.15) is 55.5 Å². The Hall–Kier alpha value is -2.22. The fraction of sp³-hybridized carbons (Fsp3) is 0.565. The van der Waals surface area contributed by atoms with Gasteiger partial charge in [-0.3, -0.25) is 4.79 Å². The van der Waals surface area contributed by atoms with Gasteiger partial charge >= 0.3 is 0 Å². The maximum absolute atomic E-state index is 12.7. The van der Waals surface area contributed by atoms with Crippen molar-refractivity contribution in [3.63, 3.8) is 0 Å². The van der Waals surface area contributed by atoms with E-state index < -0.39 is 6.17 Å². The van der Waals surface area contributed by atoms with Gasteiger partial charge in [-0.05, 0) is 57.7 Å². The van der Waals surface area contributed by atoms with Crippen LogP contribution in [0.25, 0.3) is 10.9 Å². The number of carbonyl (C=O) groups is 1. The Morgan fingerprint density at radius 3 is 2.77 bits per heavy atom. The first-order valence-corrected chi connectivity index (χ1v) is 11.0. The van der Waals surface area contributed by atoms with Gasteiger partial charge in [-0.1, -0.05) is 18.6 Å². The molecule has 2 atom stereocenters. The van der Waals surface area contributed by atoms with E-state index in [-0.39, 0.29) is 5.91 Å². The standard InChI is InChI=1S/C23H35N5O2/c1-4-18(27-19-8-11-30-12-9-19)7-10-25-22-20(23(29)26-16(3)24)14-17-13-15(2)5-6-21(17)28-22/h5-6,13-14,16,18-19,27H,4,7-12,24H2,1-3H3,(H,25,28)(H,26,29). The minimum atomic E-state index is -0.424. The van der Waals surface area contributed by atoms with Gasteiger partial charge in [0.2, 0.25) is 0 Å². The zero-order valence-corrected chi connectivity index (χ0v) is 18.3. The maximum atomic E-state index is 12.7. The van der Waals surface area contributed by atoms with Crippen molar-refractivity contribution >= 4 is 22.6 Å². The minimum Gasteiger partial charge on any atom is -0.381 e. The number of hydrogen-bond donors (Lipinski definition) is 4. The average molecular weight is 414 g/mol. The topological polar surface area (TPSA) is 101 Å². The Morgan fingerprint density at radius 1 is 1.30 bits per heavy atom. The predicted octanol–water partition coefficient (Wildman–Crippen LogP) is 2.93. The van der Waals surface area contributed by atoms with E-state index in [1.165, 1.54) is 0 Å². The van der Waals surface area contributed by atoms with E-state index in [1.54, 1.807) is 6.92 Å². The molecule has 2 aromatic rings. The second-order valence-electron chi connectivity index (χ2n) is 8.22. The molecular weight excluding hydrogens is 378 g/mol. The molecule has 1 aromatic heterocycles. The van der Waals surface area contributed by atoms with Crippen molar-refractivity contribution in [3.05, 3.63) is 35.4 Å². The number of pyridine rings is 1. The number of carbonyl (C=O) groups excluding carboxylic acids is 1. The van der Waals surface area contributed by atoms with Crippen molar-refractivity contribution in [3.8, 4) is 0 Å². The highest BCUT2D eigenvalue weighted by molar-refractivity contribution is 6.02. The van der Waals surface area contributed by atoms with Gasteiger partial charge in [-0.2, -0.15) is 0 Å². The Kier molecular flexibility index (Phi) is 8.01. The first-order chi connectivity index (χ1) is 14.5. The summed E-state index contributed by atoms with van der Waals surface area (Å²) in [6.45, 7) is 8.39. The molecule has 7 heteroatoms. The van der Waals surface area contributed by atoms with Crippen molar-refractivity contribution in [2.45, 2.75) is 64.7 Å². The lowest BCUT2D eigenvalue weighted by molar-refractivity contribution is 0.0745. The summed E-state index contributed by atoms with van der Waals surface area (Å²) in [6, 6.07) is 8.91. The molecule has 2 heterocycles. The fourth-order valence-corrected chi connectivity index (χ4v) is 3.86. The highest BCUT2D eigenvalue weighted by Gasteiger charge is 2.19.